The van der Waals surface area contributed by atoms with Crippen LogP contribution >= 0.6 is 0 Å². The third kappa shape index (κ3) is 5.12. The predicted octanol–water partition coefficient (Wildman–Crippen LogP) is 1.73. The molecule has 0 aromatic heterocycles. The second kappa shape index (κ2) is 9.52. The Morgan fingerprint density at radius 3 is 2.38 bits per heavy atom. The fourth-order valence-electron chi connectivity index (χ4n) is 2.13. The summed E-state index contributed by atoms with van der Waals surface area (Å²) >= 11 is 0. The molecule has 1 aliphatic rings. The van der Waals surface area contributed by atoms with Crippen molar-refractivity contribution < 1.29 is 28.9 Å². The highest BCUT2D eigenvalue weighted by Gasteiger charge is 2.42. The molecule has 0 aliphatic carbocycles. The van der Waals surface area contributed by atoms with Crippen molar-refractivity contribution in [2.75, 3.05) is 13.2 Å². The quantitative estimate of drug-likeness (QED) is 0.432. The minimum atomic E-state index is -1.01. The first kappa shape index (κ1) is 20.3. The summed E-state index contributed by atoms with van der Waals surface area (Å²) in [5.74, 6) is -0.724. The Morgan fingerprint density at radius 2 is 1.83 bits per heavy atom. The van der Waals surface area contributed by atoms with E-state index < -0.39 is 30.4 Å². The van der Waals surface area contributed by atoms with Crippen LogP contribution in [0.3, 0.4) is 0 Å². The number of hydrogen-bond donors (Lipinski definition) is 1. The molecule has 24 heavy (non-hydrogen) atoms. The van der Waals surface area contributed by atoms with Crippen molar-refractivity contribution in [1.82, 2.24) is 0 Å². The van der Waals surface area contributed by atoms with Crippen molar-refractivity contribution in [1.29, 1.82) is 0 Å². The Labute approximate surface area is 142 Å². The monoisotopic (exact) mass is 338 g/mol. The van der Waals surface area contributed by atoms with Crippen molar-refractivity contribution in [2.45, 2.75) is 52.1 Å². The van der Waals surface area contributed by atoms with Crippen molar-refractivity contribution in [3.8, 4) is 0 Å². The number of ketones is 1. The van der Waals surface area contributed by atoms with Gasteiger partial charge in [-0.3, -0.25) is 4.79 Å². The lowest BCUT2D eigenvalue weighted by molar-refractivity contribution is -0.207. The lowest BCUT2D eigenvalue weighted by Crippen LogP contribution is -2.55. The largest absolute Gasteiger partial charge is 0.453 e. The van der Waals surface area contributed by atoms with Crippen LogP contribution in [0.4, 0.5) is 0 Å². The normalized spacial score (nSPS) is 28.4. The van der Waals surface area contributed by atoms with Crippen molar-refractivity contribution in [3.63, 3.8) is 0 Å². The molecule has 6 nitrogen and oxygen atoms in total. The summed E-state index contributed by atoms with van der Waals surface area (Å²) in [7, 11) is 0. The van der Waals surface area contributed by atoms with Gasteiger partial charge >= 0.3 is 5.97 Å². The number of aliphatic hydroxyl groups is 1. The van der Waals surface area contributed by atoms with E-state index in [1.165, 1.54) is 6.08 Å². The smallest absolute Gasteiger partial charge is 0.333 e. The summed E-state index contributed by atoms with van der Waals surface area (Å²) in [5, 5.41) is 10.2. The van der Waals surface area contributed by atoms with Crippen LogP contribution in [-0.4, -0.2) is 54.5 Å². The van der Waals surface area contributed by atoms with E-state index in [2.05, 4.69) is 6.58 Å². The molecule has 1 N–H and O–H groups in total. The van der Waals surface area contributed by atoms with E-state index >= 15 is 0 Å². The molecule has 1 saturated heterocycles. The van der Waals surface area contributed by atoms with Crippen LogP contribution in [-0.2, 0) is 23.8 Å². The second-order valence-corrected chi connectivity index (χ2v) is 5.61. The number of esters is 1. The SMILES string of the molecule is C=CC1OCC(O)C(OCC(=O)/C(C)=C\C)[C@H]1OC(=O)/C(C)=C\C. The van der Waals surface area contributed by atoms with Crippen LogP contribution in [0.25, 0.3) is 0 Å². The minimum Gasteiger partial charge on any atom is -0.453 e. The lowest BCUT2D eigenvalue weighted by Gasteiger charge is -2.38. The first-order valence-corrected chi connectivity index (χ1v) is 7.89. The maximum absolute atomic E-state index is 12.1. The first-order valence-electron chi connectivity index (χ1n) is 7.89. The van der Waals surface area contributed by atoms with Crippen molar-refractivity contribution >= 4 is 11.8 Å². The molecular formula is C18H26O6. The number of hydrogen-bond acceptors (Lipinski definition) is 6. The van der Waals surface area contributed by atoms with Crippen LogP contribution in [0.2, 0.25) is 0 Å². The van der Waals surface area contributed by atoms with Gasteiger partial charge in [0.15, 0.2) is 11.9 Å². The molecule has 4 atom stereocenters. The van der Waals surface area contributed by atoms with Gasteiger partial charge in [0.1, 0.15) is 24.9 Å². The van der Waals surface area contributed by atoms with E-state index in [4.69, 9.17) is 14.2 Å². The maximum atomic E-state index is 12.1. The van der Waals surface area contributed by atoms with E-state index in [0.717, 1.165) is 0 Å². The van der Waals surface area contributed by atoms with E-state index in [-0.39, 0.29) is 19.0 Å². The molecule has 1 heterocycles. The van der Waals surface area contributed by atoms with Crippen LogP contribution in [0.1, 0.15) is 27.7 Å². The fourth-order valence-corrected chi connectivity index (χ4v) is 2.13. The summed E-state index contributed by atoms with van der Waals surface area (Å²) in [6, 6.07) is 0. The van der Waals surface area contributed by atoms with Gasteiger partial charge in [-0.2, -0.15) is 0 Å². The Morgan fingerprint density at radius 1 is 1.21 bits per heavy atom. The molecule has 0 amide bonds. The summed E-state index contributed by atoms with van der Waals surface area (Å²) < 4.78 is 16.4. The van der Waals surface area contributed by atoms with Crippen LogP contribution in [0.15, 0.2) is 36.0 Å². The molecule has 0 saturated carbocycles. The number of rotatable bonds is 7. The molecule has 6 heteroatoms. The third-order valence-corrected chi connectivity index (χ3v) is 4.00. The number of aliphatic hydroxyl groups excluding tert-OH is 1. The van der Waals surface area contributed by atoms with Gasteiger partial charge in [0.25, 0.3) is 0 Å². The van der Waals surface area contributed by atoms with Gasteiger partial charge < -0.3 is 19.3 Å². The average Bonchev–Trinajstić information content (AvgIpc) is 2.59. The van der Waals surface area contributed by atoms with E-state index in [1.54, 1.807) is 39.8 Å². The van der Waals surface area contributed by atoms with Gasteiger partial charge in [-0.15, -0.1) is 6.58 Å². The standard InChI is InChI=1S/C18H26O6/c1-6-11(4)13(19)9-23-16-14(20)10-22-15(8-3)17(16)24-18(21)12(5)7-2/h6-8,14-17,20H,3,9-10H2,1-2,4-5H3/b11-6-,12-7-/t14?,15?,16?,17-/m0/s1. The molecule has 0 spiro atoms. The van der Waals surface area contributed by atoms with E-state index in [1.807, 2.05) is 0 Å². The molecule has 0 bridgehead atoms. The van der Waals surface area contributed by atoms with Gasteiger partial charge in [0.2, 0.25) is 0 Å². The second-order valence-electron chi connectivity index (χ2n) is 5.61. The molecule has 1 fully saturated rings. The average molecular weight is 338 g/mol. The van der Waals surface area contributed by atoms with Crippen LogP contribution in [0, 0.1) is 0 Å². The zero-order valence-electron chi connectivity index (χ0n) is 14.7. The molecule has 1 rings (SSSR count). The topological polar surface area (TPSA) is 82.1 Å². The number of Topliss-reactive ketones (excluding diaryl/α,β-unsaturated/α-hetero) is 1. The van der Waals surface area contributed by atoms with E-state index in [0.29, 0.717) is 11.1 Å². The number of carbonyl (C=O) groups excluding carboxylic acids is 2. The predicted molar refractivity (Wildman–Crippen MR) is 89.4 cm³/mol. The highest BCUT2D eigenvalue weighted by atomic mass is 16.6. The van der Waals surface area contributed by atoms with Gasteiger partial charge in [-0.1, -0.05) is 18.2 Å². The molecule has 3 unspecified atom stereocenters. The Hall–Kier alpha value is -1.76. The summed E-state index contributed by atoms with van der Waals surface area (Å²) in [5.41, 5.74) is 0.993. The Kier molecular flexibility index (Phi) is 8.04. The zero-order chi connectivity index (χ0) is 18.3. The Bertz CT molecular complexity index is 534. The van der Waals surface area contributed by atoms with Crippen LogP contribution < -0.4 is 0 Å². The van der Waals surface area contributed by atoms with Crippen LogP contribution in [0.5, 0.6) is 0 Å². The molecular weight excluding hydrogens is 312 g/mol. The lowest BCUT2D eigenvalue weighted by atomic mass is 9.99. The molecule has 1 aliphatic heterocycles. The highest BCUT2D eigenvalue weighted by Crippen LogP contribution is 2.23. The number of allylic oxidation sites excluding steroid dienone is 2. The fraction of sp³-hybridized carbons (Fsp3) is 0.556. The maximum Gasteiger partial charge on any atom is 0.333 e. The summed E-state index contributed by atoms with van der Waals surface area (Å²) in [4.78, 5) is 24.0. The number of ether oxygens (including phenoxy) is 3. The molecule has 0 radical (unpaired) electrons. The molecule has 134 valence electrons. The van der Waals surface area contributed by atoms with Gasteiger partial charge in [0, 0.05) is 5.57 Å². The summed E-state index contributed by atoms with van der Waals surface area (Å²) in [6.07, 6.45) is 1.42. The van der Waals surface area contributed by atoms with E-state index in [9.17, 15) is 14.7 Å². The van der Waals surface area contributed by atoms with Gasteiger partial charge in [-0.25, -0.2) is 4.79 Å². The highest BCUT2D eigenvalue weighted by molar-refractivity contribution is 5.95. The Balaban J connectivity index is 2.90. The molecule has 0 aromatic carbocycles. The summed E-state index contributed by atoms with van der Waals surface area (Å²) in [6.45, 7) is 10.3. The van der Waals surface area contributed by atoms with Gasteiger partial charge in [0.05, 0.1) is 6.61 Å². The zero-order valence-corrected chi connectivity index (χ0v) is 14.7. The number of carbonyl (C=O) groups is 2. The molecule has 0 aromatic rings. The minimum absolute atomic E-state index is 0.00872. The third-order valence-electron chi connectivity index (χ3n) is 4.00. The first-order chi connectivity index (χ1) is 11.3. The van der Waals surface area contributed by atoms with Crippen molar-refractivity contribution in [2.24, 2.45) is 0 Å². The van der Waals surface area contributed by atoms with Crippen molar-refractivity contribution in [3.05, 3.63) is 36.0 Å². The van der Waals surface area contributed by atoms with Gasteiger partial charge in [-0.05, 0) is 33.3 Å².